The van der Waals surface area contributed by atoms with Crippen molar-refractivity contribution in [2.75, 3.05) is 11.9 Å². The summed E-state index contributed by atoms with van der Waals surface area (Å²) >= 11 is 0. The third-order valence-corrected chi connectivity index (χ3v) is 4.24. The zero-order chi connectivity index (χ0) is 21.0. The SMILES string of the molecule is Cc1cccc(NC(=O)C(C)OC(=O)COc2ccc3c(C)cc(=O)oc3c2)c1. The second-order valence-corrected chi connectivity index (χ2v) is 6.69. The number of carbonyl (C=O) groups excluding carboxylic acids is 2. The van der Waals surface area contributed by atoms with Crippen LogP contribution in [-0.2, 0) is 14.3 Å². The van der Waals surface area contributed by atoms with Crippen LogP contribution >= 0.6 is 0 Å². The molecule has 3 aromatic rings. The first kappa shape index (κ1) is 20.1. The number of nitrogens with one attached hydrogen (secondary N) is 1. The molecule has 150 valence electrons. The minimum Gasteiger partial charge on any atom is -0.482 e. The number of ether oxygens (including phenoxy) is 2. The summed E-state index contributed by atoms with van der Waals surface area (Å²) in [6, 6.07) is 13.6. The lowest BCUT2D eigenvalue weighted by Crippen LogP contribution is -2.31. The fourth-order valence-corrected chi connectivity index (χ4v) is 2.79. The third kappa shape index (κ3) is 5.22. The molecule has 0 spiro atoms. The van der Waals surface area contributed by atoms with E-state index in [2.05, 4.69) is 5.32 Å². The molecule has 1 aromatic heterocycles. The van der Waals surface area contributed by atoms with Crippen LogP contribution in [0.2, 0.25) is 0 Å². The lowest BCUT2D eigenvalue weighted by molar-refractivity contribution is -0.155. The van der Waals surface area contributed by atoms with Crippen molar-refractivity contribution < 1.29 is 23.5 Å². The van der Waals surface area contributed by atoms with Crippen LogP contribution in [0.1, 0.15) is 18.1 Å². The first-order valence-corrected chi connectivity index (χ1v) is 9.06. The Morgan fingerprint density at radius 1 is 1.10 bits per heavy atom. The van der Waals surface area contributed by atoms with E-state index in [1.807, 2.05) is 25.1 Å². The van der Waals surface area contributed by atoms with Crippen molar-refractivity contribution in [3.63, 3.8) is 0 Å². The maximum absolute atomic E-state index is 12.2. The average Bonchev–Trinajstić information content (AvgIpc) is 2.66. The molecule has 1 amide bonds. The molecule has 1 N–H and O–H groups in total. The smallest absolute Gasteiger partial charge is 0.344 e. The van der Waals surface area contributed by atoms with Crippen molar-refractivity contribution in [1.82, 2.24) is 0 Å². The molecular formula is C22H21NO6. The molecule has 29 heavy (non-hydrogen) atoms. The number of hydrogen-bond donors (Lipinski definition) is 1. The minimum atomic E-state index is -0.983. The number of aryl methyl sites for hydroxylation is 2. The molecule has 2 aromatic carbocycles. The van der Waals surface area contributed by atoms with Crippen molar-refractivity contribution in [2.24, 2.45) is 0 Å². The van der Waals surface area contributed by atoms with E-state index in [4.69, 9.17) is 13.9 Å². The van der Waals surface area contributed by atoms with Gasteiger partial charge in [0.15, 0.2) is 12.7 Å². The molecule has 1 atom stereocenters. The quantitative estimate of drug-likeness (QED) is 0.508. The Morgan fingerprint density at radius 2 is 1.90 bits per heavy atom. The predicted molar refractivity (Wildman–Crippen MR) is 108 cm³/mol. The van der Waals surface area contributed by atoms with E-state index in [0.29, 0.717) is 17.0 Å². The molecule has 7 heteroatoms. The van der Waals surface area contributed by atoms with Gasteiger partial charge in [-0.05, 0) is 56.2 Å². The van der Waals surface area contributed by atoms with Crippen molar-refractivity contribution in [1.29, 1.82) is 0 Å². The highest BCUT2D eigenvalue weighted by molar-refractivity contribution is 5.95. The lowest BCUT2D eigenvalue weighted by Gasteiger charge is -2.14. The van der Waals surface area contributed by atoms with Gasteiger partial charge in [-0.25, -0.2) is 9.59 Å². The van der Waals surface area contributed by atoms with Crippen LogP contribution in [0.3, 0.4) is 0 Å². The van der Waals surface area contributed by atoms with E-state index in [9.17, 15) is 14.4 Å². The Balaban J connectivity index is 1.56. The van der Waals surface area contributed by atoms with E-state index >= 15 is 0 Å². The molecule has 0 radical (unpaired) electrons. The van der Waals surface area contributed by atoms with Crippen LogP contribution in [0.25, 0.3) is 11.0 Å². The highest BCUT2D eigenvalue weighted by Crippen LogP contribution is 2.22. The average molecular weight is 395 g/mol. The maximum atomic E-state index is 12.2. The Labute approximate surface area is 167 Å². The zero-order valence-electron chi connectivity index (χ0n) is 16.4. The maximum Gasteiger partial charge on any atom is 0.344 e. The first-order chi connectivity index (χ1) is 13.8. The number of rotatable bonds is 6. The van der Waals surface area contributed by atoms with E-state index in [1.165, 1.54) is 19.1 Å². The number of hydrogen-bond acceptors (Lipinski definition) is 6. The molecule has 1 heterocycles. The Hall–Kier alpha value is -3.61. The van der Waals surface area contributed by atoms with Gasteiger partial charge in [-0.15, -0.1) is 0 Å². The summed E-state index contributed by atoms with van der Waals surface area (Å²) in [6.45, 7) is 4.82. The van der Waals surface area contributed by atoms with E-state index in [-0.39, 0.29) is 6.61 Å². The Morgan fingerprint density at radius 3 is 2.66 bits per heavy atom. The predicted octanol–water partition coefficient (Wildman–Crippen LogP) is 3.36. The van der Waals surface area contributed by atoms with E-state index in [1.54, 1.807) is 25.1 Å². The van der Waals surface area contributed by atoms with Crippen LogP contribution < -0.4 is 15.7 Å². The number of amides is 1. The molecule has 0 saturated carbocycles. The lowest BCUT2D eigenvalue weighted by atomic mass is 10.1. The van der Waals surface area contributed by atoms with Crippen molar-refractivity contribution in [2.45, 2.75) is 26.9 Å². The number of esters is 1. The van der Waals surface area contributed by atoms with Gasteiger partial charge in [0.1, 0.15) is 11.3 Å². The van der Waals surface area contributed by atoms with Gasteiger partial charge in [-0.3, -0.25) is 4.79 Å². The largest absolute Gasteiger partial charge is 0.482 e. The van der Waals surface area contributed by atoms with Gasteiger partial charge in [0.2, 0.25) is 0 Å². The number of benzene rings is 2. The normalized spacial score (nSPS) is 11.7. The second-order valence-electron chi connectivity index (χ2n) is 6.69. The molecule has 0 saturated heterocycles. The summed E-state index contributed by atoms with van der Waals surface area (Å²) in [5, 5.41) is 3.47. The topological polar surface area (TPSA) is 94.8 Å². The molecule has 0 fully saturated rings. The van der Waals surface area contributed by atoms with Crippen LogP contribution in [0.5, 0.6) is 5.75 Å². The van der Waals surface area contributed by atoms with Gasteiger partial charge in [0.25, 0.3) is 5.91 Å². The number of anilines is 1. The van der Waals surface area contributed by atoms with Crippen LogP contribution in [0.4, 0.5) is 5.69 Å². The molecule has 7 nitrogen and oxygen atoms in total. The minimum absolute atomic E-state index is 0.347. The van der Waals surface area contributed by atoms with Crippen molar-refractivity contribution in [3.8, 4) is 5.75 Å². The van der Waals surface area contributed by atoms with Crippen LogP contribution in [-0.4, -0.2) is 24.6 Å². The molecule has 0 aliphatic rings. The molecular weight excluding hydrogens is 374 g/mol. The van der Waals surface area contributed by atoms with E-state index in [0.717, 1.165) is 16.5 Å². The summed E-state index contributed by atoms with van der Waals surface area (Å²) in [6.07, 6.45) is -0.983. The van der Waals surface area contributed by atoms with Crippen LogP contribution in [0.15, 0.2) is 57.7 Å². The molecule has 0 bridgehead atoms. The van der Waals surface area contributed by atoms with Gasteiger partial charge < -0.3 is 19.2 Å². The second kappa shape index (κ2) is 8.60. The Bertz CT molecular complexity index is 1120. The van der Waals surface area contributed by atoms with Crippen molar-refractivity contribution in [3.05, 3.63) is 70.1 Å². The van der Waals surface area contributed by atoms with Gasteiger partial charge in [0, 0.05) is 23.2 Å². The summed E-state index contributed by atoms with van der Waals surface area (Å²) in [5.74, 6) is -0.783. The Kier molecular flexibility index (Phi) is 5.97. The molecule has 3 rings (SSSR count). The summed E-state index contributed by atoms with van der Waals surface area (Å²) in [5.41, 5.74) is 2.33. The highest BCUT2D eigenvalue weighted by Gasteiger charge is 2.18. The number of carbonyl (C=O) groups is 2. The monoisotopic (exact) mass is 395 g/mol. The standard InChI is InChI=1S/C22H21NO6/c1-13-5-4-6-16(9-13)23-22(26)15(3)28-21(25)12-27-17-7-8-18-14(2)10-20(24)29-19(18)11-17/h4-11,15H,12H2,1-3H3,(H,23,26). The first-order valence-electron chi connectivity index (χ1n) is 9.06. The zero-order valence-corrected chi connectivity index (χ0v) is 16.4. The third-order valence-electron chi connectivity index (χ3n) is 4.24. The molecule has 0 aliphatic carbocycles. The van der Waals surface area contributed by atoms with E-state index < -0.39 is 23.6 Å². The fourth-order valence-electron chi connectivity index (χ4n) is 2.79. The van der Waals surface area contributed by atoms with Crippen molar-refractivity contribution >= 4 is 28.5 Å². The fraction of sp³-hybridized carbons (Fsp3) is 0.227. The van der Waals surface area contributed by atoms with Gasteiger partial charge in [-0.2, -0.15) is 0 Å². The molecule has 0 aliphatic heterocycles. The van der Waals surface area contributed by atoms with Gasteiger partial charge >= 0.3 is 11.6 Å². The molecule has 1 unspecified atom stereocenters. The van der Waals surface area contributed by atoms with Gasteiger partial charge in [0.05, 0.1) is 0 Å². The summed E-state index contributed by atoms with van der Waals surface area (Å²) in [7, 11) is 0. The van der Waals surface area contributed by atoms with Gasteiger partial charge in [-0.1, -0.05) is 12.1 Å². The highest BCUT2D eigenvalue weighted by atomic mass is 16.6. The summed E-state index contributed by atoms with van der Waals surface area (Å²) < 4.78 is 15.7. The van der Waals surface area contributed by atoms with Crippen LogP contribution in [0, 0.1) is 13.8 Å². The summed E-state index contributed by atoms with van der Waals surface area (Å²) in [4.78, 5) is 35.7. The number of fused-ring (bicyclic) bond motifs is 1.